The molecule has 5 nitrogen and oxygen atoms in total. The summed E-state index contributed by atoms with van der Waals surface area (Å²) in [6.45, 7) is 5.07. The van der Waals surface area contributed by atoms with Crippen LogP contribution in [-0.2, 0) is 25.6 Å². The maximum Gasteiger partial charge on any atom is 0.327 e. The highest BCUT2D eigenvalue weighted by atomic mass is 35.5. The van der Waals surface area contributed by atoms with Crippen molar-refractivity contribution in [1.29, 1.82) is 0 Å². The number of esters is 2. The normalized spacial score (nSPS) is 18.9. The second-order valence-corrected chi connectivity index (χ2v) is 7.59. The molecule has 2 aromatic carbocycles. The Morgan fingerprint density at radius 3 is 2.21 bits per heavy atom. The van der Waals surface area contributed by atoms with E-state index >= 15 is 0 Å². The van der Waals surface area contributed by atoms with E-state index in [0.717, 1.165) is 11.1 Å². The van der Waals surface area contributed by atoms with Gasteiger partial charge in [0.1, 0.15) is 0 Å². The number of nitrogens with zero attached hydrogens (tertiary/aromatic N) is 1. The summed E-state index contributed by atoms with van der Waals surface area (Å²) in [5, 5.41) is 0.621. The summed E-state index contributed by atoms with van der Waals surface area (Å²) < 4.78 is 10.0. The van der Waals surface area contributed by atoms with Crippen LogP contribution in [0.5, 0.6) is 0 Å². The Morgan fingerprint density at radius 2 is 1.66 bits per heavy atom. The molecule has 29 heavy (non-hydrogen) atoms. The Hall–Kier alpha value is -2.63. The highest BCUT2D eigenvalue weighted by molar-refractivity contribution is 6.30. The first-order valence-corrected chi connectivity index (χ1v) is 9.68. The van der Waals surface area contributed by atoms with Crippen molar-refractivity contribution in [2.45, 2.75) is 19.0 Å². The predicted molar refractivity (Wildman–Crippen MR) is 111 cm³/mol. The molecule has 1 fully saturated rings. The number of carbonyl (C=O) groups excluding carboxylic acids is 2. The topological polar surface area (TPSA) is 55.8 Å². The minimum absolute atomic E-state index is 0.180. The molecule has 0 N–H and O–H groups in total. The Balaban J connectivity index is 2.04. The van der Waals surface area contributed by atoms with Gasteiger partial charge in [0.25, 0.3) is 0 Å². The Bertz CT molecular complexity index is 879. The third-order valence-corrected chi connectivity index (χ3v) is 5.74. The number of methoxy groups -OCH3 is 2. The molecule has 1 atom stereocenters. The number of benzene rings is 2. The van der Waals surface area contributed by atoms with Crippen LogP contribution in [-0.4, -0.2) is 37.6 Å². The fourth-order valence-electron chi connectivity index (χ4n) is 3.94. The van der Waals surface area contributed by atoms with Gasteiger partial charge in [-0.05, 0) is 35.3 Å². The van der Waals surface area contributed by atoms with Crippen LogP contribution in [0.2, 0.25) is 5.02 Å². The van der Waals surface area contributed by atoms with Gasteiger partial charge in [-0.25, -0.2) is 0 Å². The summed E-state index contributed by atoms with van der Waals surface area (Å²) in [4.78, 5) is 27.7. The summed E-state index contributed by atoms with van der Waals surface area (Å²) in [6, 6.07) is 17.2. The van der Waals surface area contributed by atoms with Crippen molar-refractivity contribution < 1.29 is 19.1 Å². The molecule has 152 valence electrons. The van der Waals surface area contributed by atoms with Gasteiger partial charge in [-0.15, -0.1) is 0 Å². The van der Waals surface area contributed by atoms with Gasteiger partial charge in [-0.2, -0.15) is 0 Å². The Labute approximate surface area is 175 Å². The number of likely N-dealkylation sites (tertiary alicyclic amines) is 1. The fourth-order valence-corrected chi connectivity index (χ4v) is 4.06. The largest absolute Gasteiger partial charge is 0.468 e. The minimum Gasteiger partial charge on any atom is -0.468 e. The minimum atomic E-state index is -1.54. The molecule has 0 aliphatic carbocycles. The van der Waals surface area contributed by atoms with Gasteiger partial charge in [0.05, 0.1) is 14.2 Å². The number of halogens is 1. The van der Waals surface area contributed by atoms with Crippen molar-refractivity contribution in [3.8, 4) is 0 Å². The predicted octanol–water partition coefficient (Wildman–Crippen LogP) is 4.18. The first-order valence-electron chi connectivity index (χ1n) is 9.31. The molecule has 6 heteroatoms. The summed E-state index contributed by atoms with van der Waals surface area (Å²) in [6.07, 6.45) is 0.180. The smallest absolute Gasteiger partial charge is 0.327 e. The zero-order chi connectivity index (χ0) is 21.0. The highest BCUT2D eigenvalue weighted by Gasteiger charge is 2.55. The lowest BCUT2D eigenvalue weighted by Gasteiger charge is -2.45. The molecule has 1 unspecified atom stereocenters. The number of hydrogen-bond acceptors (Lipinski definition) is 5. The molecule has 0 aromatic heterocycles. The van der Waals surface area contributed by atoms with Gasteiger partial charge >= 0.3 is 11.9 Å². The second-order valence-electron chi connectivity index (χ2n) is 7.15. The van der Waals surface area contributed by atoms with E-state index in [-0.39, 0.29) is 12.5 Å². The summed E-state index contributed by atoms with van der Waals surface area (Å²) in [7, 11) is 2.54. The number of rotatable bonds is 5. The Kier molecular flexibility index (Phi) is 6.40. The standard InChI is InChI=1S/C23H24ClNO4/c1-16-14-25(15-17-7-5-4-6-8-17)20(18-9-11-19(24)12-10-18)13-23(16,21(26)28-2)22(27)29-3/h4-12,20H,1,13-15H2,2-3H3. The van der Waals surface area contributed by atoms with E-state index in [1.807, 2.05) is 42.5 Å². The average Bonchev–Trinajstić information content (AvgIpc) is 2.74. The molecule has 3 rings (SSSR count). The molecular formula is C23H24ClNO4. The summed E-state index contributed by atoms with van der Waals surface area (Å²) in [5.41, 5.74) is 1.01. The van der Waals surface area contributed by atoms with Crippen LogP contribution in [0, 0.1) is 5.41 Å². The molecule has 2 aromatic rings. The maximum absolute atomic E-state index is 12.8. The lowest BCUT2D eigenvalue weighted by atomic mass is 9.70. The zero-order valence-corrected chi connectivity index (χ0v) is 17.3. The monoisotopic (exact) mass is 413 g/mol. The van der Waals surface area contributed by atoms with Crippen LogP contribution in [0.4, 0.5) is 0 Å². The lowest BCUT2D eigenvalue weighted by molar-refractivity contribution is -0.169. The number of ether oxygens (including phenoxy) is 2. The summed E-state index contributed by atoms with van der Waals surface area (Å²) in [5.74, 6) is -1.29. The average molecular weight is 414 g/mol. The van der Waals surface area contributed by atoms with Crippen molar-refractivity contribution in [1.82, 2.24) is 4.90 Å². The van der Waals surface area contributed by atoms with E-state index in [4.69, 9.17) is 21.1 Å². The summed E-state index contributed by atoms with van der Waals surface area (Å²) >= 11 is 6.07. The van der Waals surface area contributed by atoms with Gasteiger partial charge < -0.3 is 9.47 Å². The van der Waals surface area contributed by atoms with E-state index in [2.05, 4.69) is 11.5 Å². The molecule has 1 aliphatic rings. The van der Waals surface area contributed by atoms with Crippen LogP contribution >= 0.6 is 11.6 Å². The molecule has 0 amide bonds. The zero-order valence-electron chi connectivity index (χ0n) is 16.6. The molecule has 1 heterocycles. The van der Waals surface area contributed by atoms with Crippen molar-refractivity contribution >= 4 is 23.5 Å². The van der Waals surface area contributed by atoms with E-state index in [0.29, 0.717) is 23.7 Å². The first kappa shape index (κ1) is 21.1. The van der Waals surface area contributed by atoms with Crippen LogP contribution in [0.1, 0.15) is 23.6 Å². The second kappa shape index (κ2) is 8.80. The van der Waals surface area contributed by atoms with Crippen molar-refractivity contribution in [2.75, 3.05) is 20.8 Å². The van der Waals surface area contributed by atoms with E-state index in [1.165, 1.54) is 14.2 Å². The van der Waals surface area contributed by atoms with Crippen molar-refractivity contribution in [2.24, 2.45) is 5.41 Å². The van der Waals surface area contributed by atoms with Gasteiger partial charge in [-0.3, -0.25) is 14.5 Å². The SMILES string of the molecule is C=C1CN(Cc2ccccc2)C(c2ccc(Cl)cc2)CC1(C(=O)OC)C(=O)OC. The maximum atomic E-state index is 12.8. The first-order chi connectivity index (χ1) is 13.9. The number of piperidine rings is 1. The van der Waals surface area contributed by atoms with E-state index in [9.17, 15) is 9.59 Å². The number of hydrogen-bond donors (Lipinski definition) is 0. The highest BCUT2D eigenvalue weighted by Crippen LogP contribution is 2.46. The molecular weight excluding hydrogens is 390 g/mol. The molecule has 1 saturated heterocycles. The van der Waals surface area contributed by atoms with Crippen molar-refractivity contribution in [3.05, 3.63) is 82.9 Å². The van der Waals surface area contributed by atoms with Gasteiger partial charge in [0, 0.05) is 24.2 Å². The molecule has 1 aliphatic heterocycles. The third-order valence-electron chi connectivity index (χ3n) is 5.49. The number of carbonyl (C=O) groups is 2. The van der Waals surface area contributed by atoms with Crippen LogP contribution in [0.15, 0.2) is 66.7 Å². The van der Waals surface area contributed by atoms with E-state index in [1.54, 1.807) is 12.1 Å². The van der Waals surface area contributed by atoms with Gasteiger partial charge in [0.15, 0.2) is 5.41 Å². The van der Waals surface area contributed by atoms with Crippen LogP contribution in [0.3, 0.4) is 0 Å². The molecule has 0 spiro atoms. The third kappa shape index (κ3) is 4.07. The van der Waals surface area contributed by atoms with Crippen molar-refractivity contribution in [3.63, 3.8) is 0 Å². The molecule has 0 saturated carbocycles. The van der Waals surface area contributed by atoms with E-state index < -0.39 is 17.4 Å². The Morgan fingerprint density at radius 1 is 1.07 bits per heavy atom. The fraction of sp³-hybridized carbons (Fsp3) is 0.304. The van der Waals surface area contributed by atoms with Gasteiger partial charge in [0.2, 0.25) is 0 Å². The lowest BCUT2D eigenvalue weighted by Crippen LogP contribution is -2.52. The van der Waals surface area contributed by atoms with Crippen LogP contribution in [0.25, 0.3) is 0 Å². The quantitative estimate of drug-likeness (QED) is 0.418. The van der Waals surface area contributed by atoms with Crippen LogP contribution < -0.4 is 0 Å². The molecule has 0 bridgehead atoms. The molecule has 0 radical (unpaired) electrons. The van der Waals surface area contributed by atoms with Gasteiger partial charge in [-0.1, -0.05) is 60.6 Å².